The van der Waals surface area contributed by atoms with E-state index in [2.05, 4.69) is 12.2 Å². The topological polar surface area (TPSA) is 64.3 Å². The molecule has 3 N–H and O–H groups in total. The molecule has 0 aromatic carbocycles. The van der Waals surface area contributed by atoms with Gasteiger partial charge in [0.1, 0.15) is 0 Å². The van der Waals surface area contributed by atoms with Crippen LogP contribution in [0.15, 0.2) is 0 Å². The molecule has 0 unspecified atom stereocenters. The fraction of sp³-hybridized carbons (Fsp3) is 0.933. The zero-order chi connectivity index (χ0) is 13.9. The molecule has 4 heteroatoms. The van der Waals surface area contributed by atoms with Gasteiger partial charge >= 0.3 is 0 Å². The Morgan fingerprint density at radius 1 is 1.21 bits per heavy atom. The molecule has 1 saturated carbocycles. The Morgan fingerprint density at radius 3 is 2.63 bits per heavy atom. The maximum absolute atomic E-state index is 11.5. The summed E-state index contributed by atoms with van der Waals surface area (Å²) in [5.74, 6) is 0.158. The van der Waals surface area contributed by atoms with Gasteiger partial charge in [0, 0.05) is 19.0 Å². The van der Waals surface area contributed by atoms with E-state index in [-0.39, 0.29) is 5.91 Å². The van der Waals surface area contributed by atoms with Crippen LogP contribution in [0.2, 0.25) is 0 Å². The Balaban J connectivity index is 1.91. The number of hydrogen-bond acceptors (Lipinski definition) is 3. The highest BCUT2D eigenvalue weighted by Gasteiger charge is 2.18. The minimum atomic E-state index is 0.158. The Morgan fingerprint density at radius 2 is 1.95 bits per heavy atom. The van der Waals surface area contributed by atoms with Crippen LogP contribution in [0.4, 0.5) is 0 Å². The molecule has 4 nitrogen and oxygen atoms in total. The molecule has 1 aliphatic rings. The van der Waals surface area contributed by atoms with Gasteiger partial charge in [0.25, 0.3) is 0 Å². The van der Waals surface area contributed by atoms with Gasteiger partial charge < -0.3 is 15.8 Å². The average Bonchev–Trinajstić information content (AvgIpc) is 2.42. The molecule has 1 aliphatic carbocycles. The van der Waals surface area contributed by atoms with Crippen molar-refractivity contribution in [1.29, 1.82) is 0 Å². The molecular weight excluding hydrogens is 240 g/mol. The second-order valence-corrected chi connectivity index (χ2v) is 5.57. The lowest BCUT2D eigenvalue weighted by molar-refractivity contribution is -0.121. The van der Waals surface area contributed by atoms with E-state index in [0.717, 1.165) is 38.5 Å². The van der Waals surface area contributed by atoms with E-state index in [1.807, 2.05) is 0 Å². The Bertz CT molecular complexity index is 238. The number of unbranched alkanes of at least 4 members (excludes halogenated alkanes) is 3. The van der Waals surface area contributed by atoms with Crippen molar-refractivity contribution in [3.05, 3.63) is 0 Å². The second-order valence-electron chi connectivity index (χ2n) is 5.57. The first-order valence-electron chi connectivity index (χ1n) is 7.86. The van der Waals surface area contributed by atoms with Crippen LogP contribution in [-0.4, -0.2) is 31.2 Å². The lowest BCUT2D eigenvalue weighted by atomic mass is 9.94. The Hall–Kier alpha value is -0.610. The van der Waals surface area contributed by atoms with E-state index in [1.54, 1.807) is 0 Å². The maximum Gasteiger partial charge on any atom is 0.220 e. The third kappa shape index (κ3) is 8.22. The third-order valence-corrected chi connectivity index (χ3v) is 3.75. The van der Waals surface area contributed by atoms with Gasteiger partial charge in [-0.2, -0.15) is 0 Å². The van der Waals surface area contributed by atoms with Crippen LogP contribution >= 0.6 is 0 Å². The fourth-order valence-corrected chi connectivity index (χ4v) is 2.47. The Kier molecular flexibility index (Phi) is 8.84. The van der Waals surface area contributed by atoms with E-state index >= 15 is 0 Å². The molecular formula is C15H30N2O2. The lowest BCUT2D eigenvalue weighted by Crippen LogP contribution is -2.32. The number of amides is 1. The summed E-state index contributed by atoms with van der Waals surface area (Å²) >= 11 is 0. The van der Waals surface area contributed by atoms with Crippen molar-refractivity contribution in [3.8, 4) is 0 Å². The summed E-state index contributed by atoms with van der Waals surface area (Å²) in [5.41, 5.74) is 5.85. The molecule has 19 heavy (non-hydrogen) atoms. The van der Waals surface area contributed by atoms with Crippen LogP contribution < -0.4 is 11.1 Å². The second kappa shape index (κ2) is 10.2. The third-order valence-electron chi connectivity index (χ3n) is 3.75. The van der Waals surface area contributed by atoms with Gasteiger partial charge in [-0.3, -0.25) is 4.79 Å². The van der Waals surface area contributed by atoms with E-state index in [9.17, 15) is 4.79 Å². The zero-order valence-electron chi connectivity index (χ0n) is 12.3. The monoisotopic (exact) mass is 270 g/mol. The number of rotatable bonds is 9. The van der Waals surface area contributed by atoms with Crippen LogP contribution in [-0.2, 0) is 9.53 Å². The molecule has 0 radical (unpaired) electrons. The van der Waals surface area contributed by atoms with Crippen molar-refractivity contribution in [3.63, 3.8) is 0 Å². The van der Waals surface area contributed by atoms with Gasteiger partial charge in [0.2, 0.25) is 5.91 Å². The quantitative estimate of drug-likeness (QED) is 0.632. The van der Waals surface area contributed by atoms with Crippen molar-refractivity contribution in [2.24, 2.45) is 5.73 Å². The largest absolute Gasteiger partial charge is 0.376 e. The molecule has 0 aromatic heterocycles. The number of carbonyl (C=O) groups is 1. The van der Waals surface area contributed by atoms with Gasteiger partial charge in [-0.1, -0.05) is 26.2 Å². The molecule has 0 bridgehead atoms. The standard InChI is InChI=1S/C15H30N2O2/c1-2-3-4-5-6-15(18)17-11-12-19-14-9-7-13(16)8-10-14/h13-14H,2-12,16H2,1H3,(H,17,18). The molecule has 0 saturated heterocycles. The number of carbonyl (C=O) groups excluding carboxylic acids is 1. The van der Waals surface area contributed by atoms with Gasteiger partial charge in [0.05, 0.1) is 12.7 Å². The smallest absolute Gasteiger partial charge is 0.220 e. The van der Waals surface area contributed by atoms with E-state index < -0.39 is 0 Å². The van der Waals surface area contributed by atoms with Crippen molar-refractivity contribution in [1.82, 2.24) is 5.32 Å². The highest BCUT2D eigenvalue weighted by atomic mass is 16.5. The van der Waals surface area contributed by atoms with Crippen LogP contribution in [0.1, 0.15) is 64.7 Å². The predicted octanol–water partition coefficient (Wildman–Crippen LogP) is 2.36. The Labute approximate surface area is 117 Å². The van der Waals surface area contributed by atoms with Crippen LogP contribution in [0.5, 0.6) is 0 Å². The maximum atomic E-state index is 11.5. The molecule has 0 aliphatic heterocycles. The minimum Gasteiger partial charge on any atom is -0.376 e. The molecule has 0 aromatic rings. The summed E-state index contributed by atoms with van der Waals surface area (Å²) in [4.78, 5) is 11.5. The van der Waals surface area contributed by atoms with E-state index in [4.69, 9.17) is 10.5 Å². The molecule has 112 valence electrons. The van der Waals surface area contributed by atoms with Crippen LogP contribution in [0.25, 0.3) is 0 Å². The lowest BCUT2D eigenvalue weighted by Gasteiger charge is -2.26. The summed E-state index contributed by atoms with van der Waals surface area (Å²) in [7, 11) is 0. The first-order valence-corrected chi connectivity index (χ1v) is 7.86. The van der Waals surface area contributed by atoms with Crippen molar-refractivity contribution in [2.45, 2.75) is 76.9 Å². The molecule has 0 spiro atoms. The number of nitrogens with two attached hydrogens (primary N) is 1. The van der Waals surface area contributed by atoms with Crippen LogP contribution in [0.3, 0.4) is 0 Å². The zero-order valence-corrected chi connectivity index (χ0v) is 12.3. The number of ether oxygens (including phenoxy) is 1. The predicted molar refractivity (Wildman–Crippen MR) is 78.0 cm³/mol. The molecule has 0 atom stereocenters. The van der Waals surface area contributed by atoms with Crippen molar-refractivity contribution >= 4 is 5.91 Å². The normalized spacial score (nSPS) is 23.3. The first-order chi connectivity index (χ1) is 9.22. The number of hydrogen-bond donors (Lipinski definition) is 2. The van der Waals surface area contributed by atoms with E-state index in [1.165, 1.54) is 12.8 Å². The summed E-state index contributed by atoms with van der Waals surface area (Å²) in [6.07, 6.45) is 9.84. The molecule has 1 rings (SSSR count). The fourth-order valence-electron chi connectivity index (χ4n) is 2.47. The minimum absolute atomic E-state index is 0.158. The summed E-state index contributed by atoms with van der Waals surface area (Å²) < 4.78 is 5.75. The highest BCUT2D eigenvalue weighted by Crippen LogP contribution is 2.19. The van der Waals surface area contributed by atoms with Gasteiger partial charge in [-0.05, 0) is 32.1 Å². The summed E-state index contributed by atoms with van der Waals surface area (Å²) in [5, 5.41) is 2.92. The van der Waals surface area contributed by atoms with E-state index in [0.29, 0.717) is 31.7 Å². The van der Waals surface area contributed by atoms with Crippen LogP contribution in [0, 0.1) is 0 Å². The van der Waals surface area contributed by atoms with Gasteiger partial charge in [0.15, 0.2) is 0 Å². The highest BCUT2D eigenvalue weighted by molar-refractivity contribution is 5.75. The summed E-state index contributed by atoms with van der Waals surface area (Å²) in [6, 6.07) is 0.364. The average molecular weight is 270 g/mol. The van der Waals surface area contributed by atoms with Crippen molar-refractivity contribution in [2.75, 3.05) is 13.2 Å². The van der Waals surface area contributed by atoms with Crippen molar-refractivity contribution < 1.29 is 9.53 Å². The van der Waals surface area contributed by atoms with Gasteiger partial charge in [-0.15, -0.1) is 0 Å². The molecule has 1 fully saturated rings. The summed E-state index contributed by atoms with van der Waals surface area (Å²) in [6.45, 7) is 3.44. The SMILES string of the molecule is CCCCCCC(=O)NCCOC1CCC(N)CC1. The van der Waals surface area contributed by atoms with Gasteiger partial charge in [-0.25, -0.2) is 0 Å². The molecule has 0 heterocycles. The first kappa shape index (κ1) is 16.4. The number of nitrogens with one attached hydrogen (secondary N) is 1. The molecule has 1 amide bonds.